The van der Waals surface area contributed by atoms with E-state index < -0.39 is 11.8 Å². The predicted molar refractivity (Wildman–Crippen MR) is 95.4 cm³/mol. The fraction of sp³-hybridized carbons (Fsp3) is 0.350. The SMILES string of the molecule is CCCCCC1CN(c2cccc(C(=O)O)c2)c2cccc(F)c2O1. The number of halogens is 1. The number of nitrogens with zero attached hydrogens (tertiary/aromatic N) is 1. The number of carboxylic acids is 1. The first-order valence-electron chi connectivity index (χ1n) is 8.66. The molecular weight excluding hydrogens is 321 g/mol. The molecule has 2 aromatic rings. The van der Waals surface area contributed by atoms with Crippen LogP contribution < -0.4 is 9.64 Å². The van der Waals surface area contributed by atoms with E-state index in [0.29, 0.717) is 12.2 Å². The highest BCUT2D eigenvalue weighted by atomic mass is 19.1. The molecule has 5 heteroatoms. The zero-order valence-electron chi connectivity index (χ0n) is 14.2. The van der Waals surface area contributed by atoms with Gasteiger partial charge in [0.15, 0.2) is 11.6 Å². The van der Waals surface area contributed by atoms with Crippen LogP contribution in [0.3, 0.4) is 0 Å². The fourth-order valence-corrected chi connectivity index (χ4v) is 3.16. The second kappa shape index (κ2) is 7.55. The molecule has 1 atom stereocenters. The molecule has 0 bridgehead atoms. The van der Waals surface area contributed by atoms with Crippen LogP contribution >= 0.6 is 0 Å². The molecule has 4 nitrogen and oxygen atoms in total. The Bertz CT molecular complexity index is 762. The highest BCUT2D eigenvalue weighted by molar-refractivity contribution is 5.89. The van der Waals surface area contributed by atoms with Crippen LogP contribution in [0.25, 0.3) is 0 Å². The van der Waals surface area contributed by atoms with Gasteiger partial charge in [-0.3, -0.25) is 0 Å². The molecule has 0 amide bonds. The highest BCUT2D eigenvalue weighted by Gasteiger charge is 2.29. The smallest absolute Gasteiger partial charge is 0.335 e. The molecule has 0 saturated carbocycles. The number of fused-ring (bicyclic) bond motifs is 1. The first kappa shape index (κ1) is 17.3. The van der Waals surface area contributed by atoms with Crippen molar-refractivity contribution in [3.05, 3.63) is 53.8 Å². The molecule has 1 unspecified atom stereocenters. The minimum Gasteiger partial charge on any atom is -0.483 e. The minimum atomic E-state index is -0.978. The summed E-state index contributed by atoms with van der Waals surface area (Å²) < 4.78 is 20.2. The summed E-state index contributed by atoms with van der Waals surface area (Å²) in [7, 11) is 0. The van der Waals surface area contributed by atoms with Crippen molar-refractivity contribution in [1.82, 2.24) is 0 Å². The fourth-order valence-electron chi connectivity index (χ4n) is 3.16. The van der Waals surface area contributed by atoms with Crippen LogP contribution in [0, 0.1) is 5.82 Å². The largest absolute Gasteiger partial charge is 0.483 e. The Balaban J connectivity index is 1.95. The molecular formula is C20H22FNO3. The van der Waals surface area contributed by atoms with Gasteiger partial charge in [0, 0.05) is 5.69 Å². The van der Waals surface area contributed by atoms with Gasteiger partial charge in [-0.15, -0.1) is 0 Å². The Hall–Kier alpha value is -2.56. The second-order valence-corrected chi connectivity index (χ2v) is 6.29. The monoisotopic (exact) mass is 343 g/mol. The van der Waals surface area contributed by atoms with Crippen LogP contribution in [0.1, 0.15) is 43.0 Å². The molecule has 0 fully saturated rings. The van der Waals surface area contributed by atoms with E-state index in [4.69, 9.17) is 4.74 Å². The average molecular weight is 343 g/mol. The summed E-state index contributed by atoms with van der Waals surface area (Å²) in [5, 5.41) is 9.24. The number of aromatic carboxylic acids is 1. The van der Waals surface area contributed by atoms with Crippen molar-refractivity contribution < 1.29 is 19.0 Å². The second-order valence-electron chi connectivity index (χ2n) is 6.29. The van der Waals surface area contributed by atoms with Crippen LogP contribution in [0.15, 0.2) is 42.5 Å². The van der Waals surface area contributed by atoms with Crippen molar-refractivity contribution in [2.45, 2.75) is 38.7 Å². The first-order valence-corrected chi connectivity index (χ1v) is 8.66. The molecule has 25 heavy (non-hydrogen) atoms. The first-order chi connectivity index (χ1) is 12.1. The van der Waals surface area contributed by atoms with Crippen molar-refractivity contribution in [3.8, 4) is 5.75 Å². The predicted octanol–water partition coefficient (Wildman–Crippen LogP) is 5.00. The van der Waals surface area contributed by atoms with E-state index in [1.807, 2.05) is 11.0 Å². The summed E-state index contributed by atoms with van der Waals surface area (Å²) >= 11 is 0. The number of para-hydroxylation sites is 1. The maximum Gasteiger partial charge on any atom is 0.335 e. The third-order valence-corrected chi connectivity index (χ3v) is 4.44. The minimum absolute atomic E-state index is 0.121. The van der Waals surface area contributed by atoms with Gasteiger partial charge in [-0.1, -0.05) is 31.9 Å². The molecule has 2 aromatic carbocycles. The van der Waals surface area contributed by atoms with Gasteiger partial charge in [-0.05, 0) is 43.2 Å². The van der Waals surface area contributed by atoms with Crippen LogP contribution in [0.2, 0.25) is 0 Å². The summed E-state index contributed by atoms with van der Waals surface area (Å²) in [5.41, 5.74) is 1.58. The van der Waals surface area contributed by atoms with E-state index in [2.05, 4.69) is 6.92 Å². The van der Waals surface area contributed by atoms with Gasteiger partial charge in [-0.2, -0.15) is 0 Å². The molecule has 0 aromatic heterocycles. The van der Waals surface area contributed by atoms with Crippen LogP contribution in [0.5, 0.6) is 5.75 Å². The van der Waals surface area contributed by atoms with Crippen LogP contribution in [-0.4, -0.2) is 23.7 Å². The van der Waals surface area contributed by atoms with Crippen LogP contribution in [0.4, 0.5) is 15.8 Å². The van der Waals surface area contributed by atoms with Gasteiger partial charge in [0.2, 0.25) is 0 Å². The van der Waals surface area contributed by atoms with E-state index in [9.17, 15) is 14.3 Å². The summed E-state index contributed by atoms with van der Waals surface area (Å²) in [6.45, 7) is 2.71. The standard InChI is InChI=1S/C20H22FNO3/c1-2-3-4-9-16-13-22(15-8-5-7-14(12-15)20(23)24)18-11-6-10-17(21)19(18)25-16/h5-8,10-12,16H,2-4,9,13H2,1H3,(H,23,24). The zero-order chi connectivity index (χ0) is 17.8. The summed E-state index contributed by atoms with van der Waals surface area (Å²) in [6, 6.07) is 11.5. The van der Waals surface area contributed by atoms with E-state index in [-0.39, 0.29) is 17.4 Å². The number of carbonyl (C=O) groups is 1. The normalized spacial score (nSPS) is 16.2. The molecule has 0 saturated heterocycles. The van der Waals surface area contributed by atoms with E-state index >= 15 is 0 Å². The average Bonchev–Trinajstić information content (AvgIpc) is 2.62. The molecule has 1 aliphatic rings. The number of carboxylic acid groups (broad SMARTS) is 1. The molecule has 1 N–H and O–H groups in total. The quantitative estimate of drug-likeness (QED) is 0.750. The Kier molecular flexibility index (Phi) is 5.22. The summed E-state index contributed by atoms with van der Waals surface area (Å²) in [4.78, 5) is 13.2. The summed E-state index contributed by atoms with van der Waals surface area (Å²) in [6.07, 6.45) is 3.97. The number of anilines is 2. The number of unbranched alkanes of at least 4 members (excludes halogenated alkanes) is 2. The lowest BCUT2D eigenvalue weighted by molar-refractivity contribution is 0.0697. The Morgan fingerprint density at radius 2 is 2.08 bits per heavy atom. The van der Waals surface area contributed by atoms with Gasteiger partial charge in [0.25, 0.3) is 0 Å². The maximum absolute atomic E-state index is 14.3. The topological polar surface area (TPSA) is 49.8 Å². The zero-order valence-corrected chi connectivity index (χ0v) is 14.2. The number of hydrogen-bond donors (Lipinski definition) is 1. The lowest BCUT2D eigenvalue weighted by Gasteiger charge is -2.36. The lowest BCUT2D eigenvalue weighted by Crippen LogP contribution is -2.37. The van der Waals surface area contributed by atoms with Gasteiger partial charge < -0.3 is 14.7 Å². The lowest BCUT2D eigenvalue weighted by atomic mass is 10.1. The molecule has 1 aliphatic heterocycles. The number of benzene rings is 2. The van der Waals surface area contributed by atoms with Gasteiger partial charge in [0.1, 0.15) is 6.10 Å². The maximum atomic E-state index is 14.3. The van der Waals surface area contributed by atoms with Crippen molar-refractivity contribution in [1.29, 1.82) is 0 Å². The molecule has 0 radical (unpaired) electrons. The summed E-state index contributed by atoms with van der Waals surface area (Å²) in [5.74, 6) is -1.12. The van der Waals surface area contributed by atoms with Crippen molar-refractivity contribution in [3.63, 3.8) is 0 Å². The third-order valence-electron chi connectivity index (χ3n) is 4.44. The van der Waals surface area contributed by atoms with Crippen molar-refractivity contribution in [2.75, 3.05) is 11.4 Å². The van der Waals surface area contributed by atoms with E-state index in [1.54, 1.807) is 30.3 Å². The number of hydrogen-bond acceptors (Lipinski definition) is 3. The van der Waals surface area contributed by atoms with Gasteiger partial charge in [0.05, 0.1) is 17.8 Å². The molecule has 0 spiro atoms. The molecule has 132 valence electrons. The Morgan fingerprint density at radius 1 is 1.28 bits per heavy atom. The van der Waals surface area contributed by atoms with Gasteiger partial charge >= 0.3 is 5.97 Å². The number of rotatable bonds is 6. The van der Waals surface area contributed by atoms with E-state index in [1.165, 1.54) is 6.07 Å². The van der Waals surface area contributed by atoms with E-state index in [0.717, 1.165) is 31.4 Å². The third kappa shape index (κ3) is 3.76. The van der Waals surface area contributed by atoms with Crippen molar-refractivity contribution >= 4 is 17.3 Å². The van der Waals surface area contributed by atoms with Crippen molar-refractivity contribution in [2.24, 2.45) is 0 Å². The Labute approximate surface area is 146 Å². The van der Waals surface area contributed by atoms with Crippen LogP contribution in [-0.2, 0) is 0 Å². The highest BCUT2D eigenvalue weighted by Crippen LogP contribution is 2.40. The molecule has 0 aliphatic carbocycles. The molecule has 1 heterocycles. The van der Waals surface area contributed by atoms with Gasteiger partial charge in [-0.25, -0.2) is 9.18 Å². The number of ether oxygens (including phenoxy) is 1. The molecule has 3 rings (SSSR count). The Morgan fingerprint density at radius 3 is 2.84 bits per heavy atom.